The number of nitrogens with zero attached hydrogens (tertiary/aromatic N) is 3. The highest BCUT2D eigenvalue weighted by Gasteiger charge is 2.35. The van der Waals surface area contributed by atoms with E-state index < -0.39 is 17.6 Å². The van der Waals surface area contributed by atoms with E-state index in [4.69, 9.17) is 21.1 Å². The van der Waals surface area contributed by atoms with Gasteiger partial charge in [0, 0.05) is 17.0 Å². The van der Waals surface area contributed by atoms with E-state index in [1.165, 1.54) is 16.8 Å². The molecule has 0 spiro atoms. The van der Waals surface area contributed by atoms with Gasteiger partial charge in [-0.05, 0) is 72.5 Å². The third kappa shape index (κ3) is 5.90. The molecule has 7 nitrogen and oxygen atoms in total. The minimum absolute atomic E-state index is 0.00576. The van der Waals surface area contributed by atoms with Crippen molar-refractivity contribution in [3.63, 3.8) is 0 Å². The van der Waals surface area contributed by atoms with Gasteiger partial charge in [-0.1, -0.05) is 23.7 Å². The average Bonchev–Trinajstić information content (AvgIpc) is 3.40. The number of hydrogen-bond donors (Lipinski definition) is 0. The van der Waals surface area contributed by atoms with Crippen molar-refractivity contribution in [1.82, 2.24) is 14.7 Å². The fraction of sp³-hybridized carbons (Fsp3) is 0.346. The summed E-state index contributed by atoms with van der Waals surface area (Å²) >= 11 is 6.64. The van der Waals surface area contributed by atoms with Crippen LogP contribution in [0.5, 0.6) is 0 Å². The van der Waals surface area contributed by atoms with E-state index in [1.807, 2.05) is 0 Å². The molecule has 3 heterocycles. The number of imide groups is 1. The Morgan fingerprint density at radius 2 is 2.03 bits per heavy atom. The van der Waals surface area contributed by atoms with Crippen LogP contribution >= 0.6 is 23.4 Å². The summed E-state index contributed by atoms with van der Waals surface area (Å²) < 4.78 is 53.1. The lowest BCUT2D eigenvalue weighted by Gasteiger charge is -2.23. The SMILES string of the molecule is O=C1S/C(=C\c2ccc3c(cnn3Cc3ccc(Cl)cc3C(F)(F)F)c2)C(=O)N1CCOC1CCCCO1. The lowest BCUT2D eigenvalue weighted by Crippen LogP contribution is -2.33. The number of halogens is 4. The molecule has 2 amide bonds. The van der Waals surface area contributed by atoms with Crippen molar-refractivity contribution in [2.45, 2.75) is 38.3 Å². The Bertz CT molecular complexity index is 1400. The molecule has 12 heteroatoms. The van der Waals surface area contributed by atoms with E-state index in [2.05, 4.69) is 5.10 Å². The van der Waals surface area contributed by atoms with Gasteiger partial charge in [0.05, 0.1) is 41.9 Å². The van der Waals surface area contributed by atoms with Crippen molar-refractivity contribution >= 4 is 51.5 Å². The van der Waals surface area contributed by atoms with Crippen LogP contribution in [0.2, 0.25) is 5.02 Å². The van der Waals surface area contributed by atoms with Gasteiger partial charge >= 0.3 is 6.18 Å². The van der Waals surface area contributed by atoms with Crippen molar-refractivity contribution < 1.29 is 32.2 Å². The molecule has 2 fully saturated rings. The number of rotatable bonds is 7. The molecule has 2 saturated heterocycles. The first-order valence-corrected chi connectivity index (χ1v) is 13.2. The van der Waals surface area contributed by atoms with E-state index in [0.717, 1.165) is 42.0 Å². The number of amides is 2. The lowest BCUT2D eigenvalue weighted by atomic mass is 10.1. The molecule has 0 radical (unpaired) electrons. The Morgan fingerprint density at radius 1 is 1.18 bits per heavy atom. The normalized spacial score (nSPS) is 19.7. The number of aromatic nitrogens is 2. The first-order valence-electron chi connectivity index (χ1n) is 12.0. The third-order valence-electron chi connectivity index (χ3n) is 6.29. The second kappa shape index (κ2) is 11.1. The zero-order valence-electron chi connectivity index (χ0n) is 20.0. The maximum atomic E-state index is 13.5. The Balaban J connectivity index is 1.28. The number of benzene rings is 2. The van der Waals surface area contributed by atoms with Crippen molar-refractivity contribution in [3.8, 4) is 0 Å². The van der Waals surface area contributed by atoms with Gasteiger partial charge in [0.15, 0.2) is 6.29 Å². The molecule has 2 aliphatic rings. The smallest absolute Gasteiger partial charge is 0.353 e. The van der Waals surface area contributed by atoms with E-state index in [9.17, 15) is 22.8 Å². The minimum Gasteiger partial charge on any atom is -0.353 e. The van der Waals surface area contributed by atoms with Crippen molar-refractivity contribution in [1.29, 1.82) is 0 Å². The number of fused-ring (bicyclic) bond motifs is 1. The van der Waals surface area contributed by atoms with Crippen molar-refractivity contribution in [3.05, 3.63) is 69.2 Å². The van der Waals surface area contributed by atoms with Gasteiger partial charge in [-0.3, -0.25) is 19.2 Å². The van der Waals surface area contributed by atoms with Gasteiger partial charge in [0.2, 0.25) is 0 Å². The van der Waals surface area contributed by atoms with Crippen molar-refractivity contribution in [2.75, 3.05) is 19.8 Å². The molecule has 2 aromatic carbocycles. The molecule has 1 aromatic heterocycles. The highest BCUT2D eigenvalue weighted by Crippen LogP contribution is 2.35. The number of carbonyl (C=O) groups is 2. The number of carbonyl (C=O) groups excluding carboxylic acids is 2. The summed E-state index contributed by atoms with van der Waals surface area (Å²) in [4.78, 5) is 26.7. The highest BCUT2D eigenvalue weighted by molar-refractivity contribution is 8.18. The van der Waals surface area contributed by atoms with Gasteiger partial charge in [-0.25, -0.2) is 0 Å². The van der Waals surface area contributed by atoms with Crippen LogP contribution in [0.25, 0.3) is 17.0 Å². The molecule has 1 atom stereocenters. The molecule has 5 rings (SSSR count). The van der Waals surface area contributed by atoms with Crippen LogP contribution in [0.4, 0.5) is 18.0 Å². The largest absolute Gasteiger partial charge is 0.416 e. The fourth-order valence-corrected chi connectivity index (χ4v) is 5.43. The van der Waals surface area contributed by atoms with Gasteiger partial charge in [0.1, 0.15) is 0 Å². The van der Waals surface area contributed by atoms with Gasteiger partial charge in [-0.2, -0.15) is 18.3 Å². The monoisotopic (exact) mass is 565 g/mol. The first kappa shape index (κ1) is 26.7. The second-order valence-corrected chi connectivity index (χ2v) is 10.3. The molecule has 38 heavy (non-hydrogen) atoms. The second-order valence-electron chi connectivity index (χ2n) is 8.92. The summed E-state index contributed by atoms with van der Waals surface area (Å²) in [7, 11) is 0. The average molecular weight is 566 g/mol. The molecular formula is C26H23ClF3N3O4S. The Morgan fingerprint density at radius 3 is 2.79 bits per heavy atom. The minimum atomic E-state index is -4.55. The number of hydrogen-bond acceptors (Lipinski definition) is 6. The summed E-state index contributed by atoms with van der Waals surface area (Å²) in [5.74, 6) is -0.397. The Labute approximate surface area is 225 Å². The van der Waals surface area contributed by atoms with Gasteiger partial charge < -0.3 is 9.47 Å². The summed E-state index contributed by atoms with van der Waals surface area (Å²) in [6.45, 7) is 0.888. The zero-order valence-corrected chi connectivity index (χ0v) is 21.6. The van der Waals surface area contributed by atoms with E-state index >= 15 is 0 Å². The molecule has 3 aromatic rings. The molecule has 2 aliphatic heterocycles. The van der Waals surface area contributed by atoms with Gasteiger partial charge in [-0.15, -0.1) is 0 Å². The number of alkyl halides is 3. The Hall–Kier alpha value is -2.86. The van der Waals surface area contributed by atoms with E-state index in [0.29, 0.717) is 23.1 Å². The fourth-order valence-electron chi connectivity index (χ4n) is 4.40. The molecule has 0 bridgehead atoms. The number of ether oxygens (including phenoxy) is 2. The van der Waals surface area contributed by atoms with Crippen LogP contribution in [0.1, 0.15) is 36.0 Å². The summed E-state index contributed by atoms with van der Waals surface area (Å²) in [6, 6.07) is 8.88. The molecule has 0 aliphatic carbocycles. The molecular weight excluding hydrogens is 543 g/mol. The van der Waals surface area contributed by atoms with E-state index in [-0.39, 0.29) is 46.7 Å². The maximum absolute atomic E-state index is 13.5. The van der Waals surface area contributed by atoms with Crippen LogP contribution in [0.15, 0.2) is 47.5 Å². The predicted molar refractivity (Wildman–Crippen MR) is 138 cm³/mol. The van der Waals surface area contributed by atoms with Crippen molar-refractivity contribution in [2.24, 2.45) is 0 Å². The predicted octanol–water partition coefficient (Wildman–Crippen LogP) is 6.34. The van der Waals surface area contributed by atoms with E-state index in [1.54, 1.807) is 30.5 Å². The molecule has 1 unspecified atom stereocenters. The third-order valence-corrected chi connectivity index (χ3v) is 7.43. The van der Waals surface area contributed by atoms with Gasteiger partial charge in [0.25, 0.3) is 11.1 Å². The standard InChI is InChI=1S/C26H23ClF3N3O4S/c27-19-6-5-17(20(13-19)26(28,29)30)15-33-21-7-4-16(11-18(21)14-31-33)12-22-24(34)32(25(35)38-22)8-10-37-23-3-1-2-9-36-23/h4-7,11-14,23H,1-3,8-10,15H2/b22-12-. The highest BCUT2D eigenvalue weighted by atomic mass is 35.5. The van der Waals surface area contributed by atoms with Crippen LogP contribution < -0.4 is 0 Å². The summed E-state index contributed by atoms with van der Waals surface area (Å²) in [5.41, 5.74) is 0.527. The maximum Gasteiger partial charge on any atom is 0.416 e. The van der Waals surface area contributed by atoms with Crippen LogP contribution in [0, 0.1) is 0 Å². The number of thioether (sulfide) groups is 1. The topological polar surface area (TPSA) is 73.7 Å². The first-order chi connectivity index (χ1) is 18.2. The van der Waals surface area contributed by atoms with Crippen LogP contribution in [-0.2, 0) is 27.0 Å². The summed E-state index contributed by atoms with van der Waals surface area (Å²) in [6.07, 6.45) is 1.14. The Kier molecular flexibility index (Phi) is 7.80. The quantitative estimate of drug-likeness (QED) is 0.311. The van der Waals surface area contributed by atoms with Crippen LogP contribution in [0.3, 0.4) is 0 Å². The summed E-state index contributed by atoms with van der Waals surface area (Å²) in [5, 5.41) is 4.58. The zero-order chi connectivity index (χ0) is 26.9. The lowest BCUT2D eigenvalue weighted by molar-refractivity contribution is -0.164. The molecule has 200 valence electrons. The van der Waals surface area contributed by atoms with Crippen LogP contribution in [-0.4, -0.2) is 51.9 Å². The molecule has 0 saturated carbocycles. The molecule has 0 N–H and O–H groups in total.